The third kappa shape index (κ3) is 3.32. The SMILES string of the molecule is CCOC(=O)C1CCNC(c2ccc(F)cc2C)C1. The lowest BCUT2D eigenvalue weighted by Gasteiger charge is -2.30. The second kappa shape index (κ2) is 6.15. The summed E-state index contributed by atoms with van der Waals surface area (Å²) >= 11 is 0. The Kier molecular flexibility index (Phi) is 4.53. The summed E-state index contributed by atoms with van der Waals surface area (Å²) in [5.41, 5.74) is 1.98. The van der Waals surface area contributed by atoms with E-state index in [0.29, 0.717) is 13.0 Å². The first-order chi connectivity index (χ1) is 9.11. The van der Waals surface area contributed by atoms with Gasteiger partial charge in [-0.3, -0.25) is 4.79 Å². The number of esters is 1. The first kappa shape index (κ1) is 14.0. The van der Waals surface area contributed by atoms with Gasteiger partial charge < -0.3 is 10.1 Å². The van der Waals surface area contributed by atoms with E-state index in [1.807, 2.05) is 13.8 Å². The van der Waals surface area contributed by atoms with Gasteiger partial charge in [0.25, 0.3) is 0 Å². The molecule has 1 aliphatic rings. The van der Waals surface area contributed by atoms with Gasteiger partial charge in [0.2, 0.25) is 0 Å². The van der Waals surface area contributed by atoms with Gasteiger partial charge >= 0.3 is 5.97 Å². The number of rotatable bonds is 3. The Bertz CT molecular complexity index is 461. The number of nitrogens with one attached hydrogen (secondary N) is 1. The van der Waals surface area contributed by atoms with Gasteiger partial charge in [-0.2, -0.15) is 0 Å². The minimum absolute atomic E-state index is 0.0596. The molecule has 2 atom stereocenters. The van der Waals surface area contributed by atoms with Crippen LogP contribution in [0.15, 0.2) is 18.2 Å². The largest absolute Gasteiger partial charge is 0.466 e. The maximum Gasteiger partial charge on any atom is 0.309 e. The molecular weight excluding hydrogens is 245 g/mol. The highest BCUT2D eigenvalue weighted by molar-refractivity contribution is 5.72. The maximum absolute atomic E-state index is 13.1. The van der Waals surface area contributed by atoms with Gasteiger partial charge in [-0.05, 0) is 56.5 Å². The van der Waals surface area contributed by atoms with E-state index in [-0.39, 0.29) is 23.7 Å². The van der Waals surface area contributed by atoms with E-state index in [1.54, 1.807) is 6.07 Å². The Morgan fingerprint density at radius 2 is 2.32 bits per heavy atom. The van der Waals surface area contributed by atoms with Crippen LogP contribution in [0.1, 0.15) is 36.9 Å². The summed E-state index contributed by atoms with van der Waals surface area (Å²) < 4.78 is 18.2. The van der Waals surface area contributed by atoms with Crippen molar-refractivity contribution < 1.29 is 13.9 Å². The summed E-state index contributed by atoms with van der Waals surface area (Å²) in [6.07, 6.45) is 1.51. The first-order valence-corrected chi connectivity index (χ1v) is 6.78. The zero-order valence-electron chi connectivity index (χ0n) is 11.4. The molecule has 0 radical (unpaired) electrons. The standard InChI is InChI=1S/C15H20FNO2/c1-3-19-15(18)11-6-7-17-14(9-11)13-5-4-12(16)8-10(13)2/h4-5,8,11,14,17H,3,6-7,9H2,1-2H3. The lowest BCUT2D eigenvalue weighted by Crippen LogP contribution is -2.36. The third-order valence-corrected chi connectivity index (χ3v) is 3.63. The molecule has 0 aliphatic carbocycles. The monoisotopic (exact) mass is 265 g/mol. The second-order valence-electron chi connectivity index (χ2n) is 4.98. The number of ether oxygens (including phenoxy) is 1. The molecule has 0 amide bonds. The van der Waals surface area contributed by atoms with Crippen LogP contribution >= 0.6 is 0 Å². The topological polar surface area (TPSA) is 38.3 Å². The molecule has 1 saturated heterocycles. The Labute approximate surface area is 113 Å². The fourth-order valence-electron chi connectivity index (χ4n) is 2.66. The zero-order chi connectivity index (χ0) is 13.8. The Balaban J connectivity index is 2.10. The fourth-order valence-corrected chi connectivity index (χ4v) is 2.66. The lowest BCUT2D eigenvalue weighted by atomic mass is 9.87. The van der Waals surface area contributed by atoms with Crippen LogP contribution in [0.5, 0.6) is 0 Å². The molecule has 0 spiro atoms. The van der Waals surface area contributed by atoms with E-state index in [1.165, 1.54) is 12.1 Å². The average molecular weight is 265 g/mol. The Morgan fingerprint density at radius 1 is 1.53 bits per heavy atom. The van der Waals surface area contributed by atoms with Gasteiger partial charge in [0.05, 0.1) is 12.5 Å². The minimum Gasteiger partial charge on any atom is -0.466 e. The molecule has 104 valence electrons. The normalized spacial score (nSPS) is 23.1. The smallest absolute Gasteiger partial charge is 0.309 e. The van der Waals surface area contributed by atoms with Crippen LogP contribution in [-0.2, 0) is 9.53 Å². The van der Waals surface area contributed by atoms with Crippen molar-refractivity contribution in [3.8, 4) is 0 Å². The second-order valence-corrected chi connectivity index (χ2v) is 4.98. The highest BCUT2D eigenvalue weighted by Crippen LogP contribution is 2.30. The van der Waals surface area contributed by atoms with Crippen molar-refractivity contribution in [2.24, 2.45) is 5.92 Å². The van der Waals surface area contributed by atoms with Crippen LogP contribution < -0.4 is 5.32 Å². The molecule has 19 heavy (non-hydrogen) atoms. The molecular formula is C15H20FNO2. The number of halogens is 1. The summed E-state index contributed by atoms with van der Waals surface area (Å²) in [6.45, 7) is 4.92. The number of hydrogen-bond acceptors (Lipinski definition) is 3. The molecule has 2 rings (SSSR count). The highest BCUT2D eigenvalue weighted by atomic mass is 19.1. The van der Waals surface area contributed by atoms with Gasteiger partial charge in [0, 0.05) is 6.04 Å². The van der Waals surface area contributed by atoms with Gasteiger partial charge in [-0.25, -0.2) is 4.39 Å². The number of piperidine rings is 1. The lowest BCUT2D eigenvalue weighted by molar-refractivity contribution is -0.149. The summed E-state index contributed by atoms with van der Waals surface area (Å²) in [5.74, 6) is -0.400. The predicted molar refractivity (Wildman–Crippen MR) is 71.2 cm³/mol. The van der Waals surface area contributed by atoms with Gasteiger partial charge in [0.15, 0.2) is 0 Å². The van der Waals surface area contributed by atoms with Crippen molar-refractivity contribution in [3.63, 3.8) is 0 Å². The Hall–Kier alpha value is -1.42. The van der Waals surface area contributed by atoms with E-state index in [0.717, 1.165) is 24.1 Å². The van der Waals surface area contributed by atoms with Crippen molar-refractivity contribution in [3.05, 3.63) is 35.1 Å². The highest BCUT2D eigenvalue weighted by Gasteiger charge is 2.29. The molecule has 2 unspecified atom stereocenters. The van der Waals surface area contributed by atoms with E-state index in [2.05, 4.69) is 5.32 Å². The van der Waals surface area contributed by atoms with Crippen LogP contribution in [-0.4, -0.2) is 19.1 Å². The van der Waals surface area contributed by atoms with Crippen molar-refractivity contribution in [1.29, 1.82) is 0 Å². The summed E-state index contributed by atoms with van der Waals surface area (Å²) in [7, 11) is 0. The van der Waals surface area contributed by atoms with E-state index < -0.39 is 0 Å². The van der Waals surface area contributed by atoms with Gasteiger partial charge in [0.1, 0.15) is 5.82 Å². The van der Waals surface area contributed by atoms with E-state index >= 15 is 0 Å². The van der Waals surface area contributed by atoms with Crippen molar-refractivity contribution >= 4 is 5.97 Å². The van der Waals surface area contributed by atoms with Crippen molar-refractivity contribution in [2.45, 2.75) is 32.7 Å². The molecule has 1 heterocycles. The summed E-state index contributed by atoms with van der Waals surface area (Å²) in [4.78, 5) is 11.8. The maximum atomic E-state index is 13.1. The molecule has 0 saturated carbocycles. The summed E-state index contributed by atoms with van der Waals surface area (Å²) in [5, 5.41) is 3.39. The zero-order valence-corrected chi connectivity index (χ0v) is 11.4. The van der Waals surface area contributed by atoms with E-state index in [4.69, 9.17) is 4.74 Å². The van der Waals surface area contributed by atoms with Crippen molar-refractivity contribution in [2.75, 3.05) is 13.2 Å². The molecule has 4 heteroatoms. The van der Waals surface area contributed by atoms with Crippen LogP contribution in [0.2, 0.25) is 0 Å². The molecule has 0 aromatic heterocycles. The van der Waals surface area contributed by atoms with Crippen LogP contribution in [0.25, 0.3) is 0 Å². The minimum atomic E-state index is -0.223. The fraction of sp³-hybridized carbons (Fsp3) is 0.533. The molecule has 1 aliphatic heterocycles. The molecule has 1 N–H and O–H groups in total. The average Bonchev–Trinajstić information content (AvgIpc) is 2.39. The number of carbonyl (C=O) groups excluding carboxylic acids is 1. The number of carbonyl (C=O) groups is 1. The number of aryl methyl sites for hydroxylation is 1. The molecule has 1 aromatic rings. The first-order valence-electron chi connectivity index (χ1n) is 6.78. The van der Waals surface area contributed by atoms with Crippen LogP contribution in [0.4, 0.5) is 4.39 Å². The number of benzene rings is 1. The van der Waals surface area contributed by atoms with Crippen molar-refractivity contribution in [1.82, 2.24) is 5.32 Å². The van der Waals surface area contributed by atoms with E-state index in [9.17, 15) is 9.18 Å². The van der Waals surface area contributed by atoms with Gasteiger partial charge in [-0.15, -0.1) is 0 Å². The Morgan fingerprint density at radius 3 is 3.00 bits per heavy atom. The predicted octanol–water partition coefficient (Wildman–Crippen LogP) is 2.74. The third-order valence-electron chi connectivity index (χ3n) is 3.63. The van der Waals surface area contributed by atoms with Crippen LogP contribution in [0, 0.1) is 18.7 Å². The van der Waals surface area contributed by atoms with Gasteiger partial charge in [-0.1, -0.05) is 6.07 Å². The van der Waals surface area contributed by atoms with Crippen LogP contribution in [0.3, 0.4) is 0 Å². The molecule has 0 bridgehead atoms. The molecule has 3 nitrogen and oxygen atoms in total. The molecule has 1 fully saturated rings. The quantitative estimate of drug-likeness (QED) is 0.854. The summed E-state index contributed by atoms with van der Waals surface area (Å²) in [6, 6.07) is 4.91. The number of hydrogen-bond donors (Lipinski definition) is 1. The molecule has 1 aromatic carbocycles.